The number of halogens is 1. The van der Waals surface area contributed by atoms with E-state index in [9.17, 15) is 4.79 Å². The second-order valence-electron chi connectivity index (χ2n) is 2.68. The predicted octanol–water partition coefficient (Wildman–Crippen LogP) is 2.68. The molecule has 0 unspecified atom stereocenters. The molecule has 0 fully saturated rings. The standard InChI is InChI=1S/C10H8ClNO2S/c1-2-14-10(13)9-6(5-12)3-7(11)4-8(9)15/h3-4,15H,2H2,1H3. The Balaban J connectivity index is 3.28. The number of thiol groups is 1. The van der Waals surface area contributed by atoms with E-state index >= 15 is 0 Å². The lowest BCUT2D eigenvalue weighted by Gasteiger charge is -2.06. The molecule has 3 nitrogen and oxygen atoms in total. The molecule has 15 heavy (non-hydrogen) atoms. The Kier molecular flexibility index (Phi) is 4.01. The van der Waals surface area contributed by atoms with Crippen molar-refractivity contribution in [3.05, 3.63) is 28.3 Å². The van der Waals surface area contributed by atoms with Crippen LogP contribution >= 0.6 is 24.2 Å². The topological polar surface area (TPSA) is 50.1 Å². The van der Waals surface area contributed by atoms with Gasteiger partial charge in [-0.05, 0) is 19.1 Å². The van der Waals surface area contributed by atoms with E-state index in [1.54, 1.807) is 6.92 Å². The molecule has 0 saturated carbocycles. The quantitative estimate of drug-likeness (QED) is 0.640. The summed E-state index contributed by atoms with van der Waals surface area (Å²) in [6.45, 7) is 1.94. The fourth-order valence-corrected chi connectivity index (χ4v) is 1.74. The maximum Gasteiger partial charge on any atom is 0.340 e. The highest BCUT2D eigenvalue weighted by Crippen LogP contribution is 2.24. The molecular weight excluding hydrogens is 234 g/mol. The van der Waals surface area contributed by atoms with Crippen molar-refractivity contribution in [2.45, 2.75) is 11.8 Å². The van der Waals surface area contributed by atoms with Crippen molar-refractivity contribution in [2.75, 3.05) is 6.61 Å². The molecule has 0 radical (unpaired) electrons. The Labute approximate surface area is 98.0 Å². The van der Waals surface area contributed by atoms with E-state index < -0.39 is 5.97 Å². The fraction of sp³-hybridized carbons (Fsp3) is 0.200. The SMILES string of the molecule is CCOC(=O)c1c(S)cc(Cl)cc1C#N. The Bertz CT molecular complexity index is 440. The number of hydrogen-bond acceptors (Lipinski definition) is 4. The maximum absolute atomic E-state index is 11.5. The summed E-state index contributed by atoms with van der Waals surface area (Å²) < 4.78 is 4.81. The van der Waals surface area contributed by atoms with E-state index in [0.29, 0.717) is 9.92 Å². The number of carbonyl (C=O) groups is 1. The van der Waals surface area contributed by atoms with Crippen molar-refractivity contribution in [3.8, 4) is 6.07 Å². The Hall–Kier alpha value is -1.18. The lowest BCUT2D eigenvalue weighted by molar-refractivity contribution is 0.0522. The van der Waals surface area contributed by atoms with Crippen LogP contribution in [0.1, 0.15) is 22.8 Å². The van der Waals surface area contributed by atoms with E-state index in [1.807, 2.05) is 6.07 Å². The molecule has 0 aliphatic rings. The summed E-state index contributed by atoms with van der Waals surface area (Å²) in [5.74, 6) is -0.560. The van der Waals surface area contributed by atoms with Crippen LogP contribution < -0.4 is 0 Å². The van der Waals surface area contributed by atoms with E-state index in [1.165, 1.54) is 12.1 Å². The summed E-state index contributed by atoms with van der Waals surface area (Å²) in [5, 5.41) is 9.20. The van der Waals surface area contributed by atoms with Crippen molar-refractivity contribution in [3.63, 3.8) is 0 Å². The van der Waals surface area contributed by atoms with Gasteiger partial charge in [0.25, 0.3) is 0 Å². The lowest BCUT2D eigenvalue weighted by Crippen LogP contribution is -2.08. The third-order valence-corrected chi connectivity index (χ3v) is 2.25. The van der Waals surface area contributed by atoms with E-state index in [4.69, 9.17) is 21.6 Å². The summed E-state index contributed by atoms with van der Waals surface area (Å²) in [4.78, 5) is 11.8. The molecule has 0 bridgehead atoms. The van der Waals surface area contributed by atoms with Crippen molar-refractivity contribution >= 4 is 30.2 Å². The number of rotatable bonds is 2. The minimum Gasteiger partial charge on any atom is -0.462 e. The van der Waals surface area contributed by atoms with Gasteiger partial charge < -0.3 is 4.74 Å². The van der Waals surface area contributed by atoms with Gasteiger partial charge >= 0.3 is 5.97 Å². The molecule has 0 amide bonds. The first-order chi connectivity index (χ1) is 7.10. The van der Waals surface area contributed by atoms with Gasteiger partial charge in [-0.3, -0.25) is 0 Å². The van der Waals surface area contributed by atoms with Crippen LogP contribution in [0.15, 0.2) is 17.0 Å². The summed E-state index contributed by atoms with van der Waals surface area (Å²) in [5.41, 5.74) is 0.332. The monoisotopic (exact) mass is 241 g/mol. The van der Waals surface area contributed by atoms with Gasteiger partial charge in [0, 0.05) is 9.92 Å². The van der Waals surface area contributed by atoms with Crippen LogP contribution in [0, 0.1) is 11.3 Å². The van der Waals surface area contributed by atoms with Gasteiger partial charge in [-0.25, -0.2) is 4.79 Å². The van der Waals surface area contributed by atoms with Crippen molar-refractivity contribution in [1.82, 2.24) is 0 Å². The molecule has 0 aliphatic carbocycles. The summed E-state index contributed by atoms with van der Waals surface area (Å²) >= 11 is 9.82. The molecule has 1 aromatic rings. The number of hydrogen-bond donors (Lipinski definition) is 1. The normalized spacial score (nSPS) is 9.47. The number of benzene rings is 1. The van der Waals surface area contributed by atoms with Crippen LogP contribution in [0.4, 0.5) is 0 Å². The number of carbonyl (C=O) groups excluding carboxylic acids is 1. The van der Waals surface area contributed by atoms with Crippen molar-refractivity contribution in [1.29, 1.82) is 5.26 Å². The zero-order valence-corrected chi connectivity index (χ0v) is 9.60. The van der Waals surface area contributed by atoms with Crippen LogP contribution in [0.3, 0.4) is 0 Å². The van der Waals surface area contributed by atoms with Gasteiger partial charge in [0.2, 0.25) is 0 Å². The number of nitrogens with zero attached hydrogens (tertiary/aromatic N) is 1. The molecule has 1 rings (SSSR count). The number of esters is 1. The van der Waals surface area contributed by atoms with Crippen molar-refractivity contribution < 1.29 is 9.53 Å². The lowest BCUT2D eigenvalue weighted by atomic mass is 10.1. The molecule has 0 atom stereocenters. The molecule has 0 N–H and O–H groups in total. The van der Waals surface area contributed by atoms with Gasteiger partial charge in [0.15, 0.2) is 0 Å². The molecular formula is C10H8ClNO2S. The molecule has 0 saturated heterocycles. The summed E-state index contributed by atoms with van der Waals surface area (Å²) in [7, 11) is 0. The first kappa shape index (κ1) is 11.9. The first-order valence-electron chi connectivity index (χ1n) is 4.19. The highest BCUT2D eigenvalue weighted by Gasteiger charge is 2.16. The van der Waals surface area contributed by atoms with E-state index in [-0.39, 0.29) is 17.7 Å². The van der Waals surface area contributed by atoms with Crippen LogP contribution in [-0.2, 0) is 4.74 Å². The largest absolute Gasteiger partial charge is 0.462 e. The summed E-state index contributed by atoms with van der Waals surface area (Å²) in [6, 6.07) is 4.79. The molecule has 0 heterocycles. The molecule has 1 aromatic carbocycles. The summed E-state index contributed by atoms with van der Waals surface area (Å²) in [6.07, 6.45) is 0. The third kappa shape index (κ3) is 2.65. The van der Waals surface area contributed by atoms with Crippen molar-refractivity contribution in [2.24, 2.45) is 0 Å². The molecule has 5 heteroatoms. The molecule has 0 spiro atoms. The second-order valence-corrected chi connectivity index (χ2v) is 3.60. The van der Waals surface area contributed by atoms with Gasteiger partial charge in [-0.1, -0.05) is 11.6 Å². The second kappa shape index (κ2) is 5.06. The minimum atomic E-state index is -0.560. The van der Waals surface area contributed by atoms with Crippen LogP contribution in [0.25, 0.3) is 0 Å². The molecule has 78 valence electrons. The smallest absolute Gasteiger partial charge is 0.340 e. The Morgan fingerprint density at radius 2 is 2.33 bits per heavy atom. The molecule has 0 aromatic heterocycles. The fourth-order valence-electron chi connectivity index (χ4n) is 1.10. The Morgan fingerprint density at radius 3 is 2.87 bits per heavy atom. The number of nitriles is 1. The maximum atomic E-state index is 11.5. The highest BCUT2D eigenvalue weighted by molar-refractivity contribution is 7.80. The van der Waals surface area contributed by atoms with Gasteiger partial charge in [0.05, 0.1) is 17.7 Å². The zero-order valence-electron chi connectivity index (χ0n) is 7.95. The van der Waals surface area contributed by atoms with Crippen LogP contribution in [0.2, 0.25) is 5.02 Å². The van der Waals surface area contributed by atoms with Gasteiger partial charge in [0.1, 0.15) is 6.07 Å². The van der Waals surface area contributed by atoms with Crippen LogP contribution in [0.5, 0.6) is 0 Å². The van der Waals surface area contributed by atoms with Gasteiger partial charge in [-0.2, -0.15) is 5.26 Å². The van der Waals surface area contributed by atoms with Crippen LogP contribution in [-0.4, -0.2) is 12.6 Å². The third-order valence-electron chi connectivity index (χ3n) is 1.68. The highest BCUT2D eigenvalue weighted by atomic mass is 35.5. The average Bonchev–Trinajstić information content (AvgIpc) is 2.16. The predicted molar refractivity (Wildman–Crippen MR) is 59.4 cm³/mol. The first-order valence-corrected chi connectivity index (χ1v) is 5.02. The van der Waals surface area contributed by atoms with E-state index in [0.717, 1.165) is 0 Å². The van der Waals surface area contributed by atoms with E-state index in [2.05, 4.69) is 12.6 Å². The molecule has 0 aliphatic heterocycles. The minimum absolute atomic E-state index is 0.159. The zero-order chi connectivity index (χ0) is 11.4. The average molecular weight is 242 g/mol. The van der Waals surface area contributed by atoms with Gasteiger partial charge in [-0.15, -0.1) is 12.6 Å². The number of ether oxygens (including phenoxy) is 1. The Morgan fingerprint density at radius 1 is 1.67 bits per heavy atom.